The third kappa shape index (κ3) is 1.86. The topological polar surface area (TPSA) is 78.4 Å². The molecule has 1 fully saturated rings. The summed E-state index contributed by atoms with van der Waals surface area (Å²) in [5.74, 6) is 0.312. The Kier molecular flexibility index (Phi) is 3.02. The number of ether oxygens (including phenoxy) is 1. The van der Waals surface area contributed by atoms with E-state index in [4.69, 9.17) is 10.5 Å². The predicted octanol–water partition coefficient (Wildman–Crippen LogP) is 1.98. The first-order chi connectivity index (χ1) is 8.13. The van der Waals surface area contributed by atoms with Crippen molar-refractivity contribution in [2.45, 2.75) is 24.7 Å². The molecule has 1 aliphatic carbocycles. The van der Waals surface area contributed by atoms with Gasteiger partial charge in [0.05, 0.1) is 12.0 Å². The highest BCUT2D eigenvalue weighted by atomic mass is 16.6. The quantitative estimate of drug-likeness (QED) is 0.640. The Labute approximate surface area is 99.7 Å². The van der Waals surface area contributed by atoms with E-state index in [0.717, 1.165) is 24.8 Å². The van der Waals surface area contributed by atoms with Crippen LogP contribution in [0.2, 0.25) is 0 Å². The number of nitro groups is 1. The summed E-state index contributed by atoms with van der Waals surface area (Å²) in [6, 6.07) is 5.06. The van der Waals surface area contributed by atoms with Gasteiger partial charge in [0.25, 0.3) is 0 Å². The number of nitro benzene ring substituents is 1. The number of hydrogen-bond donors (Lipinski definition) is 1. The van der Waals surface area contributed by atoms with Gasteiger partial charge < -0.3 is 10.5 Å². The second kappa shape index (κ2) is 4.33. The second-order valence-corrected chi connectivity index (χ2v) is 4.48. The van der Waals surface area contributed by atoms with Crippen molar-refractivity contribution in [3.63, 3.8) is 0 Å². The third-order valence-electron chi connectivity index (χ3n) is 3.69. The van der Waals surface area contributed by atoms with Crippen molar-refractivity contribution >= 4 is 5.69 Å². The molecular formula is C12H16N2O3. The largest absolute Gasteiger partial charge is 0.490 e. The lowest BCUT2D eigenvalue weighted by atomic mass is 9.64. The Bertz CT molecular complexity index is 436. The molecule has 5 nitrogen and oxygen atoms in total. The van der Waals surface area contributed by atoms with Crippen molar-refractivity contribution in [3.8, 4) is 5.75 Å². The van der Waals surface area contributed by atoms with E-state index < -0.39 is 4.92 Å². The van der Waals surface area contributed by atoms with E-state index in [0.29, 0.717) is 12.3 Å². The van der Waals surface area contributed by atoms with Crippen LogP contribution in [0.3, 0.4) is 0 Å². The van der Waals surface area contributed by atoms with E-state index in [2.05, 4.69) is 0 Å². The number of methoxy groups -OCH3 is 1. The lowest BCUT2D eigenvalue weighted by Gasteiger charge is -2.41. The molecule has 0 atom stereocenters. The highest BCUT2D eigenvalue weighted by molar-refractivity contribution is 5.50. The van der Waals surface area contributed by atoms with Gasteiger partial charge in [-0.3, -0.25) is 10.1 Å². The summed E-state index contributed by atoms with van der Waals surface area (Å²) in [4.78, 5) is 10.4. The van der Waals surface area contributed by atoms with E-state index in [1.807, 2.05) is 0 Å². The average Bonchev–Trinajstić information content (AvgIpc) is 2.28. The zero-order valence-electron chi connectivity index (χ0n) is 9.81. The smallest absolute Gasteiger partial charge is 0.310 e. The van der Waals surface area contributed by atoms with Gasteiger partial charge in [-0.05, 0) is 24.5 Å². The first kappa shape index (κ1) is 11.9. The minimum absolute atomic E-state index is 0.00239. The Hall–Kier alpha value is -1.62. The maximum Gasteiger partial charge on any atom is 0.310 e. The fourth-order valence-corrected chi connectivity index (χ4v) is 2.37. The van der Waals surface area contributed by atoms with Crippen molar-refractivity contribution < 1.29 is 9.66 Å². The van der Waals surface area contributed by atoms with Crippen LogP contribution < -0.4 is 10.5 Å². The molecular weight excluding hydrogens is 220 g/mol. The molecule has 1 aliphatic rings. The van der Waals surface area contributed by atoms with Crippen molar-refractivity contribution in [1.29, 1.82) is 0 Å². The van der Waals surface area contributed by atoms with Crippen molar-refractivity contribution in [3.05, 3.63) is 33.9 Å². The summed E-state index contributed by atoms with van der Waals surface area (Å²) in [5, 5.41) is 10.8. The summed E-state index contributed by atoms with van der Waals surface area (Å²) in [5.41, 5.74) is 6.87. The van der Waals surface area contributed by atoms with E-state index >= 15 is 0 Å². The number of nitrogens with zero attached hydrogens (tertiary/aromatic N) is 1. The molecule has 2 N–H and O–H groups in total. The minimum atomic E-state index is -0.432. The molecule has 0 heterocycles. The summed E-state index contributed by atoms with van der Waals surface area (Å²) in [6.07, 6.45) is 3.26. The Morgan fingerprint density at radius 2 is 2.24 bits per heavy atom. The van der Waals surface area contributed by atoms with E-state index in [9.17, 15) is 10.1 Å². The highest BCUT2D eigenvalue weighted by Gasteiger charge is 2.38. The van der Waals surface area contributed by atoms with Crippen LogP contribution in [0.25, 0.3) is 0 Å². The zero-order chi connectivity index (χ0) is 12.5. The first-order valence-corrected chi connectivity index (χ1v) is 5.66. The molecule has 0 radical (unpaired) electrons. The van der Waals surface area contributed by atoms with E-state index in [1.54, 1.807) is 12.1 Å². The summed E-state index contributed by atoms with van der Waals surface area (Å²) in [6.45, 7) is 0.577. The van der Waals surface area contributed by atoms with Gasteiger partial charge in [0.15, 0.2) is 5.75 Å². The SMILES string of the molecule is COc1cc(C2(CN)CCC2)ccc1[N+](=O)[O-]. The molecule has 0 saturated heterocycles. The first-order valence-electron chi connectivity index (χ1n) is 5.66. The molecule has 0 unspecified atom stereocenters. The van der Waals surface area contributed by atoms with Crippen molar-refractivity contribution in [1.82, 2.24) is 0 Å². The van der Waals surface area contributed by atoms with Gasteiger partial charge in [-0.15, -0.1) is 0 Å². The van der Waals surface area contributed by atoms with Crippen LogP contribution in [0.15, 0.2) is 18.2 Å². The molecule has 17 heavy (non-hydrogen) atoms. The number of benzene rings is 1. The zero-order valence-corrected chi connectivity index (χ0v) is 9.81. The maximum atomic E-state index is 10.8. The number of nitrogens with two attached hydrogens (primary N) is 1. The number of hydrogen-bond acceptors (Lipinski definition) is 4. The molecule has 0 spiro atoms. The van der Waals surface area contributed by atoms with Crippen LogP contribution in [-0.4, -0.2) is 18.6 Å². The van der Waals surface area contributed by atoms with Crippen LogP contribution in [0.5, 0.6) is 5.75 Å². The lowest BCUT2D eigenvalue weighted by molar-refractivity contribution is -0.385. The van der Waals surface area contributed by atoms with Crippen LogP contribution in [0, 0.1) is 10.1 Å². The molecule has 0 amide bonds. The van der Waals surface area contributed by atoms with Gasteiger partial charge in [0, 0.05) is 18.0 Å². The van der Waals surface area contributed by atoms with Gasteiger partial charge in [-0.2, -0.15) is 0 Å². The second-order valence-electron chi connectivity index (χ2n) is 4.48. The average molecular weight is 236 g/mol. The Morgan fingerprint density at radius 1 is 1.53 bits per heavy atom. The summed E-state index contributed by atoms with van der Waals surface area (Å²) < 4.78 is 5.07. The van der Waals surface area contributed by atoms with Crippen molar-refractivity contribution in [2.24, 2.45) is 5.73 Å². The Morgan fingerprint density at radius 3 is 2.65 bits per heavy atom. The normalized spacial score (nSPS) is 17.3. The molecule has 0 bridgehead atoms. The van der Waals surface area contributed by atoms with Crippen LogP contribution >= 0.6 is 0 Å². The minimum Gasteiger partial charge on any atom is -0.490 e. The van der Waals surface area contributed by atoms with Crippen LogP contribution in [-0.2, 0) is 5.41 Å². The highest BCUT2D eigenvalue weighted by Crippen LogP contribution is 2.44. The molecule has 0 aromatic heterocycles. The standard InChI is InChI=1S/C12H16N2O3/c1-17-11-7-9(3-4-10(11)14(15)16)12(8-13)5-2-6-12/h3-4,7H,2,5-6,8,13H2,1H3. The van der Waals surface area contributed by atoms with Crippen LogP contribution in [0.1, 0.15) is 24.8 Å². The van der Waals surface area contributed by atoms with Crippen molar-refractivity contribution in [2.75, 3.05) is 13.7 Å². The summed E-state index contributed by atoms with van der Waals surface area (Å²) in [7, 11) is 1.45. The van der Waals surface area contributed by atoms with Gasteiger partial charge in [0.2, 0.25) is 0 Å². The molecule has 92 valence electrons. The fourth-order valence-electron chi connectivity index (χ4n) is 2.37. The molecule has 0 aliphatic heterocycles. The molecule has 5 heteroatoms. The van der Waals surface area contributed by atoms with Gasteiger partial charge in [-0.1, -0.05) is 12.5 Å². The molecule has 2 rings (SSSR count). The summed E-state index contributed by atoms with van der Waals surface area (Å²) >= 11 is 0. The fraction of sp³-hybridized carbons (Fsp3) is 0.500. The number of rotatable bonds is 4. The van der Waals surface area contributed by atoms with E-state index in [1.165, 1.54) is 13.2 Å². The maximum absolute atomic E-state index is 10.8. The molecule has 1 aromatic rings. The van der Waals surface area contributed by atoms with Gasteiger partial charge >= 0.3 is 5.69 Å². The monoisotopic (exact) mass is 236 g/mol. The molecule has 1 saturated carbocycles. The van der Waals surface area contributed by atoms with Gasteiger partial charge in [0.1, 0.15) is 0 Å². The van der Waals surface area contributed by atoms with Gasteiger partial charge in [-0.25, -0.2) is 0 Å². The third-order valence-corrected chi connectivity index (χ3v) is 3.69. The predicted molar refractivity (Wildman–Crippen MR) is 64.2 cm³/mol. The Balaban J connectivity index is 2.41. The van der Waals surface area contributed by atoms with E-state index in [-0.39, 0.29) is 11.1 Å². The lowest BCUT2D eigenvalue weighted by Crippen LogP contribution is -2.41. The van der Waals surface area contributed by atoms with Crippen LogP contribution in [0.4, 0.5) is 5.69 Å². The molecule has 1 aromatic carbocycles.